The van der Waals surface area contributed by atoms with E-state index < -0.39 is 11.7 Å². The highest BCUT2D eigenvalue weighted by molar-refractivity contribution is 6.31. The molecule has 0 spiro atoms. The van der Waals surface area contributed by atoms with Gasteiger partial charge in [-0.25, -0.2) is 4.79 Å². The number of hydrogen-bond donors (Lipinski definition) is 1. The molecule has 0 atom stereocenters. The molecule has 0 unspecified atom stereocenters. The average molecular weight is 280 g/mol. The number of hydrogen-bond acceptors (Lipinski definition) is 2. The third kappa shape index (κ3) is 6.17. The van der Waals surface area contributed by atoms with E-state index in [1.807, 2.05) is 45.9 Å². The molecule has 0 aliphatic carbocycles. The summed E-state index contributed by atoms with van der Waals surface area (Å²) in [6.07, 6.45) is -0.475. The SMILES string of the molecule is Cc1ccc(C#CCNC(=O)OC(C)(C)C)c(Cl)c1. The minimum Gasteiger partial charge on any atom is -0.444 e. The third-order valence-corrected chi connectivity index (χ3v) is 2.38. The van der Waals surface area contributed by atoms with Crippen molar-refractivity contribution in [2.24, 2.45) is 0 Å². The van der Waals surface area contributed by atoms with Crippen LogP contribution in [0.1, 0.15) is 31.9 Å². The highest BCUT2D eigenvalue weighted by Gasteiger charge is 2.14. The molecule has 1 aromatic carbocycles. The van der Waals surface area contributed by atoms with Gasteiger partial charge >= 0.3 is 6.09 Å². The van der Waals surface area contributed by atoms with Crippen molar-refractivity contribution in [1.82, 2.24) is 5.32 Å². The lowest BCUT2D eigenvalue weighted by Crippen LogP contribution is -2.32. The van der Waals surface area contributed by atoms with Gasteiger partial charge in [-0.3, -0.25) is 0 Å². The van der Waals surface area contributed by atoms with E-state index in [1.165, 1.54) is 0 Å². The summed E-state index contributed by atoms with van der Waals surface area (Å²) in [7, 11) is 0. The van der Waals surface area contributed by atoms with Crippen LogP contribution in [0.15, 0.2) is 18.2 Å². The minimum absolute atomic E-state index is 0.221. The highest BCUT2D eigenvalue weighted by atomic mass is 35.5. The Hall–Kier alpha value is -1.66. The van der Waals surface area contributed by atoms with Gasteiger partial charge in [0.1, 0.15) is 5.60 Å². The Labute approximate surface area is 119 Å². The Morgan fingerprint density at radius 1 is 1.42 bits per heavy atom. The van der Waals surface area contributed by atoms with E-state index in [1.54, 1.807) is 0 Å². The van der Waals surface area contributed by atoms with Crippen LogP contribution in [0.2, 0.25) is 5.02 Å². The molecule has 0 saturated carbocycles. The Morgan fingerprint density at radius 2 is 2.11 bits per heavy atom. The smallest absolute Gasteiger partial charge is 0.408 e. The van der Waals surface area contributed by atoms with Crippen LogP contribution in [-0.4, -0.2) is 18.2 Å². The van der Waals surface area contributed by atoms with E-state index in [0.717, 1.165) is 11.1 Å². The number of benzene rings is 1. The van der Waals surface area contributed by atoms with E-state index >= 15 is 0 Å². The molecule has 0 radical (unpaired) electrons. The summed E-state index contributed by atoms with van der Waals surface area (Å²) in [5.74, 6) is 5.74. The maximum atomic E-state index is 11.4. The number of amides is 1. The first-order valence-electron chi connectivity index (χ1n) is 6.00. The van der Waals surface area contributed by atoms with Crippen LogP contribution in [0.5, 0.6) is 0 Å². The van der Waals surface area contributed by atoms with Gasteiger partial charge < -0.3 is 10.1 Å². The van der Waals surface area contributed by atoms with Gasteiger partial charge in [-0.2, -0.15) is 0 Å². The van der Waals surface area contributed by atoms with Crippen molar-refractivity contribution in [1.29, 1.82) is 0 Å². The molecule has 1 aromatic rings. The molecule has 0 bridgehead atoms. The molecular formula is C15H18ClNO2. The van der Waals surface area contributed by atoms with Crippen LogP contribution >= 0.6 is 11.6 Å². The Kier molecular flexibility index (Phi) is 5.26. The molecule has 0 saturated heterocycles. The molecule has 3 nitrogen and oxygen atoms in total. The molecule has 0 heterocycles. The first-order chi connectivity index (χ1) is 8.78. The number of ether oxygens (including phenoxy) is 1. The van der Waals surface area contributed by atoms with Gasteiger partial charge in [0.25, 0.3) is 0 Å². The summed E-state index contributed by atoms with van der Waals surface area (Å²) in [6.45, 7) is 7.62. The van der Waals surface area contributed by atoms with E-state index in [0.29, 0.717) is 5.02 Å². The van der Waals surface area contributed by atoms with Gasteiger partial charge in [0.2, 0.25) is 0 Å². The standard InChI is InChI=1S/C15H18ClNO2/c1-11-7-8-12(13(16)10-11)6-5-9-17-14(18)19-15(2,3)4/h7-8,10H,9H2,1-4H3,(H,17,18). The number of carbonyl (C=O) groups is 1. The first-order valence-corrected chi connectivity index (χ1v) is 6.37. The zero-order valence-corrected chi connectivity index (χ0v) is 12.4. The molecule has 0 aliphatic rings. The lowest BCUT2D eigenvalue weighted by molar-refractivity contribution is 0.0535. The normalized spacial score (nSPS) is 10.4. The van der Waals surface area contributed by atoms with Crippen molar-refractivity contribution < 1.29 is 9.53 Å². The number of nitrogens with one attached hydrogen (secondary N) is 1. The summed E-state index contributed by atoms with van der Waals surface area (Å²) < 4.78 is 5.09. The largest absolute Gasteiger partial charge is 0.444 e. The second-order valence-corrected chi connectivity index (χ2v) is 5.55. The van der Waals surface area contributed by atoms with Gasteiger partial charge in [-0.15, -0.1) is 0 Å². The number of halogens is 1. The van der Waals surface area contributed by atoms with Gasteiger partial charge in [0.05, 0.1) is 11.6 Å². The van der Waals surface area contributed by atoms with E-state index in [4.69, 9.17) is 16.3 Å². The second-order valence-electron chi connectivity index (χ2n) is 5.14. The summed E-state index contributed by atoms with van der Waals surface area (Å²) in [5, 5.41) is 3.18. The molecule has 1 N–H and O–H groups in total. The molecule has 0 aromatic heterocycles. The topological polar surface area (TPSA) is 38.3 Å². The lowest BCUT2D eigenvalue weighted by atomic mass is 10.1. The van der Waals surface area contributed by atoms with Crippen molar-refractivity contribution in [2.75, 3.05) is 6.54 Å². The van der Waals surface area contributed by atoms with Crippen LogP contribution in [0.4, 0.5) is 4.79 Å². The molecule has 102 valence electrons. The van der Waals surface area contributed by atoms with E-state index in [-0.39, 0.29) is 6.54 Å². The van der Waals surface area contributed by atoms with Crippen molar-refractivity contribution in [3.63, 3.8) is 0 Å². The van der Waals surface area contributed by atoms with Crippen LogP contribution in [0.3, 0.4) is 0 Å². The summed E-state index contributed by atoms with van der Waals surface area (Å²) in [6, 6.07) is 5.65. The fourth-order valence-electron chi connectivity index (χ4n) is 1.29. The maximum Gasteiger partial charge on any atom is 0.408 e. The average Bonchev–Trinajstić information content (AvgIpc) is 2.24. The molecule has 1 amide bonds. The molecule has 19 heavy (non-hydrogen) atoms. The van der Waals surface area contributed by atoms with Crippen molar-refractivity contribution in [2.45, 2.75) is 33.3 Å². The third-order valence-electron chi connectivity index (χ3n) is 2.07. The van der Waals surface area contributed by atoms with Crippen molar-refractivity contribution >= 4 is 17.7 Å². The van der Waals surface area contributed by atoms with Crippen LogP contribution < -0.4 is 5.32 Å². The number of rotatable bonds is 1. The maximum absolute atomic E-state index is 11.4. The molecule has 4 heteroatoms. The number of alkyl carbamates (subject to hydrolysis) is 1. The fraction of sp³-hybridized carbons (Fsp3) is 0.400. The lowest BCUT2D eigenvalue weighted by Gasteiger charge is -2.19. The zero-order chi connectivity index (χ0) is 14.5. The van der Waals surface area contributed by atoms with Gasteiger partial charge in [0.15, 0.2) is 0 Å². The molecular weight excluding hydrogens is 262 g/mol. The molecule has 0 fully saturated rings. The number of carbonyl (C=O) groups excluding carboxylic acids is 1. The van der Waals surface area contributed by atoms with Crippen molar-refractivity contribution in [3.8, 4) is 11.8 Å². The number of aryl methyl sites for hydroxylation is 1. The Balaban J connectivity index is 2.50. The monoisotopic (exact) mass is 279 g/mol. The molecule has 0 aliphatic heterocycles. The van der Waals surface area contributed by atoms with Crippen molar-refractivity contribution in [3.05, 3.63) is 34.3 Å². The summed E-state index contributed by atoms with van der Waals surface area (Å²) >= 11 is 6.04. The Bertz CT molecular complexity index is 521. The second kappa shape index (κ2) is 6.49. The van der Waals surface area contributed by atoms with Gasteiger partial charge in [0, 0.05) is 5.56 Å². The van der Waals surface area contributed by atoms with Crippen LogP contribution in [0, 0.1) is 18.8 Å². The van der Waals surface area contributed by atoms with E-state index in [9.17, 15) is 4.79 Å². The summed E-state index contributed by atoms with van der Waals surface area (Å²) in [4.78, 5) is 11.4. The van der Waals surface area contributed by atoms with Gasteiger partial charge in [-0.1, -0.05) is 29.5 Å². The first kappa shape index (κ1) is 15.4. The Morgan fingerprint density at radius 3 is 2.68 bits per heavy atom. The fourth-order valence-corrected chi connectivity index (χ4v) is 1.57. The quantitative estimate of drug-likeness (QED) is 0.799. The molecule has 1 rings (SSSR count). The minimum atomic E-state index is -0.502. The predicted octanol–water partition coefficient (Wildman–Crippen LogP) is 3.52. The van der Waals surface area contributed by atoms with Crippen LogP contribution in [0.25, 0.3) is 0 Å². The predicted molar refractivity (Wildman–Crippen MR) is 77.3 cm³/mol. The van der Waals surface area contributed by atoms with E-state index in [2.05, 4.69) is 17.2 Å². The van der Waals surface area contributed by atoms with Crippen LogP contribution in [-0.2, 0) is 4.74 Å². The zero-order valence-electron chi connectivity index (χ0n) is 11.6. The highest BCUT2D eigenvalue weighted by Crippen LogP contribution is 2.16. The summed E-state index contributed by atoms with van der Waals surface area (Å²) in [5.41, 5.74) is 1.33. The van der Waals surface area contributed by atoms with Gasteiger partial charge in [-0.05, 0) is 45.4 Å².